The Hall–Kier alpha value is -3.45. The second-order valence-corrected chi connectivity index (χ2v) is 7.79. The Bertz CT molecular complexity index is 1210. The molecule has 0 amide bonds. The van der Waals surface area contributed by atoms with Gasteiger partial charge in [-0.05, 0) is 30.3 Å². The molecule has 3 aromatic carbocycles. The SMILES string of the molecule is COc1cc(OC)cc(-c2c(Sc3ccc([N+](=O)[O-])cc3)c3ccccc3n2C)c1. The number of nitro groups is 1. The number of fused-ring (bicyclic) bond motifs is 1. The maximum Gasteiger partial charge on any atom is 0.269 e. The first-order chi connectivity index (χ1) is 14.5. The van der Waals surface area contributed by atoms with E-state index in [9.17, 15) is 10.1 Å². The topological polar surface area (TPSA) is 66.5 Å². The van der Waals surface area contributed by atoms with Gasteiger partial charge in [0.2, 0.25) is 0 Å². The number of non-ortho nitro benzene ring substituents is 1. The minimum absolute atomic E-state index is 0.0787. The van der Waals surface area contributed by atoms with E-state index < -0.39 is 0 Å². The van der Waals surface area contributed by atoms with Crippen LogP contribution in [0.3, 0.4) is 0 Å². The molecule has 0 atom stereocenters. The molecule has 1 heterocycles. The molecule has 0 bridgehead atoms. The molecule has 0 N–H and O–H groups in total. The molecule has 152 valence electrons. The molecule has 4 aromatic rings. The minimum atomic E-state index is -0.389. The lowest BCUT2D eigenvalue weighted by atomic mass is 10.1. The summed E-state index contributed by atoms with van der Waals surface area (Å²) in [5, 5.41) is 12.1. The second-order valence-electron chi connectivity index (χ2n) is 6.71. The summed E-state index contributed by atoms with van der Waals surface area (Å²) in [5.41, 5.74) is 3.17. The van der Waals surface area contributed by atoms with E-state index in [0.717, 1.165) is 32.0 Å². The number of benzene rings is 3. The number of nitrogens with zero attached hydrogens (tertiary/aromatic N) is 2. The van der Waals surface area contributed by atoms with Crippen molar-refractivity contribution in [3.63, 3.8) is 0 Å². The zero-order valence-electron chi connectivity index (χ0n) is 16.8. The largest absolute Gasteiger partial charge is 0.497 e. The molecule has 0 spiro atoms. The van der Waals surface area contributed by atoms with E-state index in [1.54, 1.807) is 38.1 Å². The molecule has 0 saturated carbocycles. The van der Waals surface area contributed by atoms with Gasteiger partial charge in [0.05, 0.1) is 24.8 Å². The van der Waals surface area contributed by atoms with E-state index in [1.165, 1.54) is 12.1 Å². The van der Waals surface area contributed by atoms with Gasteiger partial charge in [-0.1, -0.05) is 30.0 Å². The lowest BCUT2D eigenvalue weighted by Gasteiger charge is -2.12. The van der Waals surface area contributed by atoms with Gasteiger partial charge in [-0.2, -0.15) is 0 Å². The van der Waals surface area contributed by atoms with E-state index in [2.05, 4.69) is 16.7 Å². The van der Waals surface area contributed by atoms with Crippen molar-refractivity contribution in [2.24, 2.45) is 7.05 Å². The van der Waals surface area contributed by atoms with Gasteiger partial charge in [0.1, 0.15) is 11.5 Å². The van der Waals surface area contributed by atoms with Gasteiger partial charge in [0, 0.05) is 51.5 Å². The summed E-state index contributed by atoms with van der Waals surface area (Å²) in [4.78, 5) is 12.6. The average Bonchev–Trinajstić information content (AvgIpc) is 3.05. The number of hydrogen-bond acceptors (Lipinski definition) is 5. The zero-order valence-corrected chi connectivity index (χ0v) is 17.6. The highest BCUT2D eigenvalue weighted by molar-refractivity contribution is 7.99. The second kappa shape index (κ2) is 8.12. The van der Waals surface area contributed by atoms with Crippen LogP contribution < -0.4 is 9.47 Å². The van der Waals surface area contributed by atoms with Crippen LogP contribution in [0.25, 0.3) is 22.2 Å². The third-order valence-corrected chi connectivity index (χ3v) is 6.08. The van der Waals surface area contributed by atoms with Crippen molar-refractivity contribution in [3.05, 3.63) is 76.8 Å². The number of methoxy groups -OCH3 is 2. The number of hydrogen-bond donors (Lipinski definition) is 0. The molecule has 0 radical (unpaired) electrons. The first kappa shape index (κ1) is 19.8. The van der Waals surface area contributed by atoms with Gasteiger partial charge < -0.3 is 14.0 Å². The van der Waals surface area contributed by atoms with Crippen LogP contribution in [0.1, 0.15) is 0 Å². The molecule has 0 saturated heterocycles. The zero-order chi connectivity index (χ0) is 21.3. The van der Waals surface area contributed by atoms with Crippen LogP contribution >= 0.6 is 11.8 Å². The number of ether oxygens (including phenoxy) is 2. The van der Waals surface area contributed by atoms with Crippen LogP contribution in [-0.2, 0) is 7.05 Å². The van der Waals surface area contributed by atoms with Gasteiger partial charge >= 0.3 is 0 Å². The standard InChI is InChI=1S/C23H20N2O4S/c1-24-21-7-5-4-6-20(21)23(30-19-10-8-16(9-11-19)25(26)27)22(24)15-12-17(28-2)14-18(13-15)29-3/h4-14H,1-3H3. The van der Waals surface area contributed by atoms with Crippen molar-refractivity contribution < 1.29 is 14.4 Å². The van der Waals surface area contributed by atoms with Crippen LogP contribution in [0, 0.1) is 10.1 Å². The lowest BCUT2D eigenvalue weighted by Crippen LogP contribution is -1.94. The summed E-state index contributed by atoms with van der Waals surface area (Å²) in [6.07, 6.45) is 0. The molecule has 0 aliphatic carbocycles. The van der Waals surface area contributed by atoms with E-state index in [-0.39, 0.29) is 10.6 Å². The summed E-state index contributed by atoms with van der Waals surface area (Å²) in [6.45, 7) is 0. The van der Waals surface area contributed by atoms with Crippen molar-refractivity contribution in [1.82, 2.24) is 4.57 Å². The molecule has 1 aromatic heterocycles. The van der Waals surface area contributed by atoms with E-state index in [0.29, 0.717) is 11.5 Å². The first-order valence-electron chi connectivity index (χ1n) is 9.25. The molecule has 4 rings (SSSR count). The van der Waals surface area contributed by atoms with Crippen LogP contribution in [0.15, 0.2) is 76.5 Å². The molecule has 0 aliphatic rings. The van der Waals surface area contributed by atoms with E-state index >= 15 is 0 Å². The van der Waals surface area contributed by atoms with Crippen LogP contribution in [0.5, 0.6) is 11.5 Å². The van der Waals surface area contributed by atoms with Crippen molar-refractivity contribution in [3.8, 4) is 22.8 Å². The maximum absolute atomic E-state index is 11.0. The Morgan fingerprint density at radius 3 is 2.17 bits per heavy atom. The molecule has 30 heavy (non-hydrogen) atoms. The van der Waals surface area contributed by atoms with Gasteiger partial charge in [-0.15, -0.1) is 0 Å². The van der Waals surface area contributed by atoms with Gasteiger partial charge in [-0.25, -0.2) is 0 Å². The monoisotopic (exact) mass is 420 g/mol. The molecule has 0 aliphatic heterocycles. The average molecular weight is 420 g/mol. The summed E-state index contributed by atoms with van der Waals surface area (Å²) in [6, 6.07) is 20.6. The first-order valence-corrected chi connectivity index (χ1v) is 10.1. The summed E-state index contributed by atoms with van der Waals surface area (Å²) >= 11 is 1.58. The van der Waals surface area contributed by atoms with Gasteiger partial charge in [0.25, 0.3) is 5.69 Å². The highest BCUT2D eigenvalue weighted by Crippen LogP contribution is 2.44. The number of rotatable bonds is 6. The lowest BCUT2D eigenvalue weighted by molar-refractivity contribution is -0.384. The Morgan fingerprint density at radius 1 is 0.933 bits per heavy atom. The highest BCUT2D eigenvalue weighted by Gasteiger charge is 2.19. The fraction of sp³-hybridized carbons (Fsp3) is 0.130. The van der Waals surface area contributed by atoms with Crippen LogP contribution in [0.2, 0.25) is 0 Å². The Labute approximate surface area is 178 Å². The fourth-order valence-corrected chi connectivity index (χ4v) is 4.63. The summed E-state index contributed by atoms with van der Waals surface area (Å²) in [5.74, 6) is 1.42. The smallest absolute Gasteiger partial charge is 0.269 e. The van der Waals surface area contributed by atoms with E-state index in [4.69, 9.17) is 9.47 Å². The van der Waals surface area contributed by atoms with Crippen LogP contribution in [-0.4, -0.2) is 23.7 Å². The quantitative estimate of drug-likeness (QED) is 0.286. The minimum Gasteiger partial charge on any atom is -0.497 e. The van der Waals surface area contributed by atoms with E-state index in [1.807, 2.05) is 37.4 Å². The Balaban J connectivity index is 1.90. The molecule has 6 nitrogen and oxygen atoms in total. The maximum atomic E-state index is 11.0. The predicted molar refractivity (Wildman–Crippen MR) is 119 cm³/mol. The Kier molecular flexibility index (Phi) is 5.37. The fourth-order valence-electron chi connectivity index (χ4n) is 3.48. The summed E-state index contributed by atoms with van der Waals surface area (Å²) in [7, 11) is 5.29. The van der Waals surface area contributed by atoms with Gasteiger partial charge in [0.15, 0.2) is 0 Å². The predicted octanol–water partition coefficient (Wildman–Crippen LogP) is 5.92. The van der Waals surface area contributed by atoms with Crippen molar-refractivity contribution in [2.75, 3.05) is 14.2 Å². The van der Waals surface area contributed by atoms with Crippen molar-refractivity contribution >= 4 is 28.4 Å². The number of aromatic nitrogens is 1. The number of nitro benzene ring substituents is 1. The Morgan fingerprint density at radius 2 is 1.57 bits per heavy atom. The molecular weight excluding hydrogens is 400 g/mol. The van der Waals surface area contributed by atoms with Crippen molar-refractivity contribution in [1.29, 1.82) is 0 Å². The third kappa shape index (κ3) is 3.59. The van der Waals surface area contributed by atoms with Crippen LogP contribution in [0.4, 0.5) is 5.69 Å². The number of aryl methyl sites for hydroxylation is 1. The van der Waals surface area contributed by atoms with Crippen molar-refractivity contribution in [2.45, 2.75) is 9.79 Å². The normalized spacial score (nSPS) is 10.9. The van der Waals surface area contributed by atoms with Gasteiger partial charge in [-0.3, -0.25) is 10.1 Å². The molecule has 0 fully saturated rings. The third-order valence-electron chi connectivity index (χ3n) is 4.95. The molecule has 0 unspecified atom stereocenters. The summed E-state index contributed by atoms with van der Waals surface area (Å²) < 4.78 is 13.1. The molecular formula is C23H20N2O4S. The highest BCUT2D eigenvalue weighted by atomic mass is 32.2. The molecule has 7 heteroatoms. The number of para-hydroxylation sites is 1.